The van der Waals surface area contributed by atoms with Crippen LogP contribution in [0.1, 0.15) is 206 Å². The first-order valence-electron chi connectivity index (χ1n) is 22.1. The number of amides is 1. The molecule has 0 heterocycles. The van der Waals surface area contributed by atoms with Crippen molar-refractivity contribution in [1.29, 1.82) is 0 Å². The zero-order chi connectivity index (χ0) is 38.6. The minimum atomic E-state index is -4.58. The molecule has 1 amide bonds. The molecule has 0 aliphatic rings. The van der Waals surface area contributed by atoms with Gasteiger partial charge in [0.25, 0.3) is 7.82 Å². The number of nitrogens with one attached hydrogen (secondary N) is 1. The van der Waals surface area contributed by atoms with Gasteiger partial charge in [0.05, 0.1) is 39.9 Å². The quantitative estimate of drug-likeness (QED) is 0.0279. The van der Waals surface area contributed by atoms with E-state index < -0.39 is 20.0 Å². The minimum absolute atomic E-state index is 0.00179. The molecule has 0 aromatic rings. The summed E-state index contributed by atoms with van der Waals surface area (Å²) < 4.78 is 23.1. The van der Waals surface area contributed by atoms with Crippen LogP contribution in [0.25, 0.3) is 0 Å². The molecule has 8 nitrogen and oxygen atoms in total. The first-order chi connectivity index (χ1) is 25.0. The number of phosphoric ester groups is 1. The number of likely N-dealkylation sites (N-methyl/N-ethyl adjacent to an activating group) is 1. The van der Waals surface area contributed by atoms with Crippen molar-refractivity contribution >= 4 is 13.7 Å². The van der Waals surface area contributed by atoms with Crippen molar-refractivity contribution in [3.8, 4) is 0 Å². The largest absolute Gasteiger partial charge is 0.756 e. The zero-order valence-corrected chi connectivity index (χ0v) is 35.9. The summed E-state index contributed by atoms with van der Waals surface area (Å²) in [5.74, 6) is -0.196. The van der Waals surface area contributed by atoms with Gasteiger partial charge in [0.1, 0.15) is 13.2 Å². The predicted molar refractivity (Wildman–Crippen MR) is 219 cm³/mol. The Morgan fingerprint density at radius 1 is 0.654 bits per heavy atom. The molecule has 1 unspecified atom stereocenters. The Bertz CT molecular complexity index is 865. The molecule has 2 N–H and O–H groups in total. The number of rotatable bonds is 40. The van der Waals surface area contributed by atoms with Crippen LogP contribution in [0.5, 0.6) is 0 Å². The van der Waals surface area contributed by atoms with E-state index in [0.29, 0.717) is 17.4 Å². The lowest BCUT2D eigenvalue weighted by Crippen LogP contribution is -2.45. The Kier molecular flexibility index (Phi) is 35.4. The summed E-state index contributed by atoms with van der Waals surface area (Å²) in [6.45, 7) is 4.64. The molecular formula is C43H87N2O6P. The zero-order valence-electron chi connectivity index (χ0n) is 35.0. The summed E-state index contributed by atoms with van der Waals surface area (Å²) in [6, 6.07) is -0.878. The molecule has 0 aliphatic heterocycles. The maximum Gasteiger partial charge on any atom is 0.268 e. The molecule has 9 heteroatoms. The van der Waals surface area contributed by atoms with E-state index in [2.05, 4.69) is 19.2 Å². The van der Waals surface area contributed by atoms with Gasteiger partial charge >= 0.3 is 0 Å². The van der Waals surface area contributed by atoms with Gasteiger partial charge in [0.2, 0.25) is 5.91 Å². The third kappa shape index (κ3) is 37.6. The Labute approximate surface area is 322 Å². The van der Waals surface area contributed by atoms with Crippen LogP contribution >= 0.6 is 7.82 Å². The van der Waals surface area contributed by atoms with Crippen LogP contribution in [0.15, 0.2) is 12.2 Å². The van der Waals surface area contributed by atoms with Crippen LogP contribution in [0.2, 0.25) is 0 Å². The van der Waals surface area contributed by atoms with Crippen molar-refractivity contribution < 1.29 is 32.9 Å². The first-order valence-corrected chi connectivity index (χ1v) is 23.5. The van der Waals surface area contributed by atoms with Crippen molar-refractivity contribution in [3.05, 3.63) is 12.2 Å². The highest BCUT2D eigenvalue weighted by atomic mass is 31.2. The Balaban J connectivity index is 4.27. The van der Waals surface area contributed by atoms with Crippen molar-refractivity contribution in [2.45, 2.75) is 219 Å². The molecule has 3 atom stereocenters. The fourth-order valence-corrected chi connectivity index (χ4v) is 7.17. The summed E-state index contributed by atoms with van der Waals surface area (Å²) in [6.07, 6.45) is 39.7. The van der Waals surface area contributed by atoms with Gasteiger partial charge in [-0.2, -0.15) is 0 Å². The molecule has 0 aliphatic carbocycles. The highest BCUT2D eigenvalue weighted by Gasteiger charge is 2.23. The third-order valence-corrected chi connectivity index (χ3v) is 11.0. The molecule has 0 fully saturated rings. The first kappa shape index (κ1) is 51.2. The number of phosphoric acid groups is 1. The van der Waals surface area contributed by atoms with Gasteiger partial charge in [-0.05, 0) is 19.3 Å². The molecule has 0 aromatic heterocycles. The van der Waals surface area contributed by atoms with Crippen molar-refractivity contribution in [3.63, 3.8) is 0 Å². The SMILES string of the molecule is CCCCCCCCCC/C=C/[C@@H](O)[C@H](COP(=O)([O-])OCC[N+](C)(C)C)NC(=O)CCCCCCCCCCCCCCCCCCCCCC. The summed E-state index contributed by atoms with van der Waals surface area (Å²) in [5, 5.41) is 13.7. The van der Waals surface area contributed by atoms with Gasteiger partial charge in [0, 0.05) is 6.42 Å². The number of quaternary nitrogens is 1. The van der Waals surface area contributed by atoms with E-state index in [0.717, 1.165) is 38.5 Å². The number of aliphatic hydroxyl groups is 1. The lowest BCUT2D eigenvalue weighted by molar-refractivity contribution is -0.870. The number of hydrogen-bond acceptors (Lipinski definition) is 6. The number of unbranched alkanes of at least 4 members (excludes halogenated alkanes) is 27. The van der Waals surface area contributed by atoms with E-state index >= 15 is 0 Å². The second kappa shape index (κ2) is 35.9. The highest BCUT2D eigenvalue weighted by molar-refractivity contribution is 7.45. The van der Waals surface area contributed by atoms with E-state index in [-0.39, 0.29) is 19.1 Å². The van der Waals surface area contributed by atoms with Crippen LogP contribution < -0.4 is 10.2 Å². The second-order valence-electron chi connectivity index (χ2n) is 16.4. The van der Waals surface area contributed by atoms with E-state index in [1.807, 2.05) is 27.2 Å². The molecule has 310 valence electrons. The van der Waals surface area contributed by atoms with E-state index in [1.54, 1.807) is 6.08 Å². The Morgan fingerprint density at radius 2 is 1.04 bits per heavy atom. The summed E-state index contributed by atoms with van der Waals surface area (Å²) in [4.78, 5) is 25.2. The average Bonchev–Trinajstić information content (AvgIpc) is 3.09. The van der Waals surface area contributed by atoms with Crippen molar-refractivity contribution in [2.75, 3.05) is 40.9 Å². The summed E-state index contributed by atoms with van der Waals surface area (Å²) >= 11 is 0. The topological polar surface area (TPSA) is 108 Å². The van der Waals surface area contributed by atoms with Crippen LogP contribution in [0.4, 0.5) is 0 Å². The van der Waals surface area contributed by atoms with Gasteiger partial charge < -0.3 is 28.8 Å². The number of carbonyl (C=O) groups excluding carboxylic acids is 1. The lowest BCUT2D eigenvalue weighted by atomic mass is 10.0. The number of hydrogen-bond donors (Lipinski definition) is 2. The van der Waals surface area contributed by atoms with Gasteiger partial charge in [-0.3, -0.25) is 9.36 Å². The van der Waals surface area contributed by atoms with Gasteiger partial charge in [-0.25, -0.2) is 0 Å². The predicted octanol–water partition coefficient (Wildman–Crippen LogP) is 11.3. The second-order valence-corrected chi connectivity index (χ2v) is 17.8. The van der Waals surface area contributed by atoms with Gasteiger partial charge in [-0.1, -0.05) is 193 Å². The number of carbonyl (C=O) groups is 1. The maximum absolute atomic E-state index is 12.8. The normalized spacial score (nSPS) is 14.5. The molecule has 0 spiro atoms. The maximum atomic E-state index is 12.8. The summed E-state index contributed by atoms with van der Waals surface area (Å²) in [5.41, 5.74) is 0. The highest BCUT2D eigenvalue weighted by Crippen LogP contribution is 2.38. The molecular weight excluding hydrogens is 671 g/mol. The monoisotopic (exact) mass is 759 g/mol. The molecule has 0 saturated heterocycles. The van der Waals surface area contributed by atoms with Gasteiger partial charge in [-0.15, -0.1) is 0 Å². The van der Waals surface area contributed by atoms with E-state index in [4.69, 9.17) is 9.05 Å². The molecule has 0 rings (SSSR count). The third-order valence-electron chi connectivity index (χ3n) is 10.00. The minimum Gasteiger partial charge on any atom is -0.756 e. The Hall–Kier alpha value is -0.760. The molecule has 0 saturated carbocycles. The molecule has 52 heavy (non-hydrogen) atoms. The standard InChI is InChI=1S/C43H87N2O6P/c1-6-8-10-12-14-16-18-19-20-21-22-23-24-25-26-27-29-31-33-35-37-43(47)44-41(40-51-52(48,49)50-39-38-45(3,4)5)42(46)36-34-32-30-28-17-15-13-11-9-7-2/h34,36,41-42,46H,6-33,35,37-40H2,1-5H3,(H-,44,47,48,49)/b36-34+/t41-,42+/m0/s1. The average molecular weight is 759 g/mol. The van der Waals surface area contributed by atoms with Crippen molar-refractivity contribution in [2.24, 2.45) is 0 Å². The van der Waals surface area contributed by atoms with Crippen molar-refractivity contribution in [1.82, 2.24) is 5.32 Å². The van der Waals surface area contributed by atoms with Crippen LogP contribution in [0.3, 0.4) is 0 Å². The van der Waals surface area contributed by atoms with Crippen LogP contribution in [-0.2, 0) is 18.4 Å². The Morgan fingerprint density at radius 3 is 1.44 bits per heavy atom. The molecule has 0 bridgehead atoms. The number of nitrogens with zero attached hydrogens (tertiary/aromatic N) is 1. The lowest BCUT2D eigenvalue weighted by Gasteiger charge is -2.29. The van der Waals surface area contributed by atoms with E-state index in [1.165, 1.54) is 148 Å². The van der Waals surface area contributed by atoms with Gasteiger partial charge in [0.15, 0.2) is 0 Å². The molecule has 0 aromatic carbocycles. The smallest absolute Gasteiger partial charge is 0.268 e. The van der Waals surface area contributed by atoms with Crippen LogP contribution in [0, 0.1) is 0 Å². The van der Waals surface area contributed by atoms with Crippen LogP contribution in [-0.4, -0.2) is 68.5 Å². The molecule has 0 radical (unpaired) electrons. The van der Waals surface area contributed by atoms with E-state index in [9.17, 15) is 19.4 Å². The summed E-state index contributed by atoms with van der Waals surface area (Å²) in [7, 11) is 1.27. The number of allylic oxidation sites excluding steroid dienone is 1. The fourth-order valence-electron chi connectivity index (χ4n) is 6.45. The number of aliphatic hydroxyl groups excluding tert-OH is 1. The fraction of sp³-hybridized carbons (Fsp3) is 0.930.